The maximum absolute atomic E-state index is 15.1. The third kappa shape index (κ3) is 3.56. The molecule has 2 aromatic heterocycles. The Morgan fingerprint density at radius 1 is 1.12 bits per heavy atom. The summed E-state index contributed by atoms with van der Waals surface area (Å²) in [7, 11) is 0. The summed E-state index contributed by atoms with van der Waals surface area (Å²) < 4.78 is 60.6. The summed E-state index contributed by atoms with van der Waals surface area (Å²) in [6.45, 7) is 3.23. The van der Waals surface area contributed by atoms with E-state index in [2.05, 4.69) is 25.2 Å². The Labute approximate surface area is 187 Å². The van der Waals surface area contributed by atoms with Crippen molar-refractivity contribution >= 4 is 16.9 Å². The van der Waals surface area contributed by atoms with Gasteiger partial charge in [-0.2, -0.15) is 13.2 Å². The average Bonchev–Trinajstić information content (AvgIpc) is 3.48. The fourth-order valence-corrected chi connectivity index (χ4v) is 5.72. The van der Waals surface area contributed by atoms with Crippen molar-refractivity contribution in [2.45, 2.75) is 31.1 Å². The molecule has 10 heteroatoms. The van der Waals surface area contributed by atoms with E-state index in [1.165, 1.54) is 12.4 Å². The second kappa shape index (κ2) is 7.66. The number of H-pyrrole nitrogens is 1. The van der Waals surface area contributed by atoms with Crippen LogP contribution in [0.5, 0.6) is 0 Å². The molecule has 2 fully saturated rings. The van der Waals surface area contributed by atoms with E-state index >= 15 is 4.39 Å². The maximum Gasteiger partial charge on any atom is 0.431 e. The van der Waals surface area contributed by atoms with Crippen molar-refractivity contribution in [2.75, 3.05) is 31.6 Å². The highest BCUT2D eigenvalue weighted by Gasteiger charge is 2.44. The van der Waals surface area contributed by atoms with Gasteiger partial charge in [0, 0.05) is 36.5 Å². The van der Waals surface area contributed by atoms with Crippen molar-refractivity contribution in [3.63, 3.8) is 0 Å². The van der Waals surface area contributed by atoms with Crippen LogP contribution in [0, 0.1) is 17.7 Å². The van der Waals surface area contributed by atoms with Crippen LogP contribution in [0.25, 0.3) is 11.0 Å². The molecule has 2 N–H and O–H groups in total. The molecule has 33 heavy (non-hydrogen) atoms. The monoisotopic (exact) mass is 461 g/mol. The van der Waals surface area contributed by atoms with Gasteiger partial charge in [-0.15, -0.1) is 0 Å². The third-order valence-corrected chi connectivity index (χ3v) is 7.31. The summed E-state index contributed by atoms with van der Waals surface area (Å²) in [4.78, 5) is 12.9. The minimum absolute atomic E-state index is 0.00829. The number of nitrogens with one attached hydrogen (secondary N) is 2. The number of fused-ring (bicyclic) bond motifs is 3. The first-order chi connectivity index (χ1) is 15.9. The summed E-state index contributed by atoms with van der Waals surface area (Å²) in [5.74, 6) is 0.892. The molecule has 4 atom stereocenters. The van der Waals surface area contributed by atoms with E-state index in [1.54, 1.807) is 6.07 Å². The van der Waals surface area contributed by atoms with Crippen LogP contribution in [0.2, 0.25) is 0 Å². The van der Waals surface area contributed by atoms with Gasteiger partial charge in [0.05, 0.1) is 24.6 Å². The fraction of sp³-hybridized carbons (Fsp3) is 0.478. The molecule has 0 spiro atoms. The van der Waals surface area contributed by atoms with E-state index in [-0.39, 0.29) is 28.7 Å². The molecule has 1 unspecified atom stereocenters. The van der Waals surface area contributed by atoms with Crippen LogP contribution in [0.3, 0.4) is 0 Å². The molecular formula is C23H23F4N5O. The number of halogens is 4. The van der Waals surface area contributed by atoms with Gasteiger partial charge in [0.1, 0.15) is 29.3 Å². The number of alkyl halides is 3. The number of benzene rings is 1. The molecule has 0 bridgehead atoms. The van der Waals surface area contributed by atoms with Crippen LogP contribution in [0.4, 0.5) is 23.4 Å². The smallest absolute Gasteiger partial charge is 0.381 e. The highest BCUT2D eigenvalue weighted by Crippen LogP contribution is 2.42. The van der Waals surface area contributed by atoms with E-state index in [4.69, 9.17) is 4.74 Å². The molecule has 1 aliphatic carbocycles. The Hall–Kier alpha value is -2.72. The van der Waals surface area contributed by atoms with Crippen molar-refractivity contribution in [1.82, 2.24) is 19.9 Å². The van der Waals surface area contributed by atoms with Crippen LogP contribution in [0.15, 0.2) is 30.6 Å². The zero-order chi connectivity index (χ0) is 22.7. The largest absolute Gasteiger partial charge is 0.431 e. The van der Waals surface area contributed by atoms with E-state index < -0.39 is 17.9 Å². The molecule has 6 nitrogen and oxygen atoms in total. The van der Waals surface area contributed by atoms with E-state index in [0.29, 0.717) is 17.4 Å². The van der Waals surface area contributed by atoms with Gasteiger partial charge < -0.3 is 15.0 Å². The number of anilines is 1. The zero-order valence-electron chi connectivity index (χ0n) is 17.7. The summed E-state index contributed by atoms with van der Waals surface area (Å²) in [5.41, 5.74) is 0.691. The quantitative estimate of drug-likeness (QED) is 0.574. The molecule has 3 aromatic rings. The minimum Gasteiger partial charge on any atom is -0.381 e. The van der Waals surface area contributed by atoms with Crippen molar-refractivity contribution in [1.29, 1.82) is 0 Å². The fourth-order valence-electron chi connectivity index (χ4n) is 5.72. The summed E-state index contributed by atoms with van der Waals surface area (Å²) in [6, 6.07) is 5.62. The van der Waals surface area contributed by atoms with E-state index in [1.807, 2.05) is 6.07 Å². The van der Waals surface area contributed by atoms with Gasteiger partial charge >= 0.3 is 6.18 Å². The van der Waals surface area contributed by atoms with Crippen molar-refractivity contribution in [3.05, 3.63) is 53.2 Å². The van der Waals surface area contributed by atoms with Gasteiger partial charge in [0.25, 0.3) is 0 Å². The zero-order valence-corrected chi connectivity index (χ0v) is 17.7. The predicted octanol–water partition coefficient (Wildman–Crippen LogP) is 4.16. The molecule has 0 amide bonds. The number of rotatable bonds is 3. The molecular weight excluding hydrogens is 438 g/mol. The van der Waals surface area contributed by atoms with Gasteiger partial charge in [0.15, 0.2) is 0 Å². The molecule has 2 saturated heterocycles. The Morgan fingerprint density at radius 2 is 1.91 bits per heavy atom. The molecule has 0 saturated carbocycles. The Kier molecular flexibility index (Phi) is 4.84. The average molecular weight is 461 g/mol. The van der Waals surface area contributed by atoms with Gasteiger partial charge in [0.2, 0.25) is 0 Å². The molecule has 6 rings (SSSR count). The SMILES string of the molecule is Fc1cccc2c1[C@H](Nc1ncnc3[nH]c(C(F)(F)F)cc13)C(N1C[C@H]3COC[C@H]3C1)CC2. The number of aryl methyl sites for hydroxylation is 1. The van der Waals surface area contributed by atoms with Crippen LogP contribution >= 0.6 is 0 Å². The number of ether oxygens (including phenoxy) is 1. The first kappa shape index (κ1) is 20.9. The maximum atomic E-state index is 15.1. The second-order valence-corrected chi connectivity index (χ2v) is 9.22. The highest BCUT2D eigenvalue weighted by atomic mass is 19.4. The number of nitrogens with zero attached hydrogens (tertiary/aromatic N) is 3. The van der Waals surface area contributed by atoms with Crippen LogP contribution in [0.1, 0.15) is 29.3 Å². The second-order valence-electron chi connectivity index (χ2n) is 9.22. The molecule has 1 aromatic carbocycles. The van der Waals surface area contributed by atoms with Crippen molar-refractivity contribution < 1.29 is 22.3 Å². The number of hydrogen-bond acceptors (Lipinski definition) is 5. The normalized spacial score (nSPS) is 27.6. The van der Waals surface area contributed by atoms with Crippen molar-refractivity contribution in [3.8, 4) is 0 Å². The summed E-state index contributed by atoms with van der Waals surface area (Å²) in [5, 5.41) is 3.56. The molecule has 0 radical (unpaired) electrons. The molecule has 3 aliphatic rings. The van der Waals surface area contributed by atoms with Crippen LogP contribution in [-0.2, 0) is 17.3 Å². The Balaban J connectivity index is 1.40. The highest BCUT2D eigenvalue weighted by molar-refractivity contribution is 5.88. The van der Waals surface area contributed by atoms with Crippen LogP contribution < -0.4 is 5.32 Å². The number of aromatic amines is 1. The van der Waals surface area contributed by atoms with Gasteiger partial charge in [-0.05, 0) is 30.5 Å². The number of hydrogen-bond donors (Lipinski definition) is 2. The first-order valence-electron chi connectivity index (χ1n) is 11.1. The topological polar surface area (TPSA) is 66.1 Å². The first-order valence-corrected chi connectivity index (χ1v) is 11.1. The summed E-state index contributed by atoms with van der Waals surface area (Å²) in [6.07, 6.45) is -1.73. The van der Waals surface area contributed by atoms with Gasteiger partial charge in [-0.1, -0.05) is 12.1 Å². The van der Waals surface area contributed by atoms with Crippen LogP contribution in [-0.4, -0.2) is 52.2 Å². The number of aromatic nitrogens is 3. The molecule has 174 valence electrons. The Morgan fingerprint density at radius 3 is 2.67 bits per heavy atom. The lowest BCUT2D eigenvalue weighted by Gasteiger charge is -2.40. The predicted molar refractivity (Wildman–Crippen MR) is 113 cm³/mol. The minimum atomic E-state index is -4.53. The van der Waals surface area contributed by atoms with E-state index in [0.717, 1.165) is 50.8 Å². The standard InChI is InChI=1S/C23H23F4N5O/c24-16-3-1-2-12-4-5-17(32-7-13-9-33-10-14(13)8-32)20(19(12)16)31-22-15-6-18(23(25,26)27)30-21(15)28-11-29-22/h1-3,6,11,13-14,17,20H,4-5,7-10H2,(H2,28,29,30,31)/t13-,14+,17?,20-/m1/s1. The van der Waals surface area contributed by atoms with E-state index in [9.17, 15) is 13.2 Å². The van der Waals surface area contributed by atoms with Gasteiger partial charge in [-0.3, -0.25) is 4.90 Å². The lowest BCUT2D eigenvalue weighted by molar-refractivity contribution is -0.140. The number of likely N-dealkylation sites (tertiary alicyclic amines) is 1. The third-order valence-electron chi connectivity index (χ3n) is 7.31. The summed E-state index contributed by atoms with van der Waals surface area (Å²) >= 11 is 0. The lowest BCUT2D eigenvalue weighted by Crippen LogP contribution is -2.45. The van der Waals surface area contributed by atoms with Crippen molar-refractivity contribution in [2.24, 2.45) is 11.8 Å². The Bertz CT molecular complexity index is 1180. The van der Waals surface area contributed by atoms with Gasteiger partial charge in [-0.25, -0.2) is 14.4 Å². The lowest BCUT2D eigenvalue weighted by atomic mass is 9.82. The molecule has 2 aliphatic heterocycles. The molecule has 4 heterocycles.